The molecule has 0 unspecified atom stereocenters. The number of carbonyl (C=O) groups is 2. The van der Waals surface area contributed by atoms with Gasteiger partial charge in [0.15, 0.2) is 0 Å². The van der Waals surface area contributed by atoms with E-state index in [1.807, 2.05) is 58.0 Å². The summed E-state index contributed by atoms with van der Waals surface area (Å²) in [6.45, 7) is 8.85. The van der Waals surface area contributed by atoms with Crippen LogP contribution in [-0.2, 0) is 22.6 Å². The minimum Gasteiger partial charge on any atom is -0.354 e. The van der Waals surface area contributed by atoms with Crippen LogP contribution in [0.15, 0.2) is 42.5 Å². The predicted octanol–water partition coefficient (Wildman–Crippen LogP) is 5.42. The fraction of sp³-hybridized carbons (Fsp3) is 0.417. The highest BCUT2D eigenvalue weighted by atomic mass is 35.5. The number of aryl methyl sites for hydroxylation is 1. The van der Waals surface area contributed by atoms with Crippen LogP contribution in [0.1, 0.15) is 43.9 Å². The van der Waals surface area contributed by atoms with Crippen molar-refractivity contribution in [2.45, 2.75) is 53.1 Å². The zero-order valence-corrected chi connectivity index (χ0v) is 19.6. The van der Waals surface area contributed by atoms with E-state index in [0.29, 0.717) is 28.9 Å². The minimum atomic E-state index is -0.560. The molecule has 30 heavy (non-hydrogen) atoms. The number of benzene rings is 2. The van der Waals surface area contributed by atoms with E-state index in [9.17, 15) is 9.59 Å². The molecule has 0 aliphatic heterocycles. The Morgan fingerprint density at radius 2 is 1.77 bits per heavy atom. The van der Waals surface area contributed by atoms with E-state index in [-0.39, 0.29) is 24.8 Å². The Balaban J connectivity index is 2.30. The second-order valence-electron chi connectivity index (χ2n) is 8.00. The van der Waals surface area contributed by atoms with Crippen molar-refractivity contribution < 1.29 is 9.59 Å². The molecule has 1 N–H and O–H groups in total. The molecule has 6 heteroatoms. The highest BCUT2D eigenvalue weighted by Crippen LogP contribution is 2.24. The Morgan fingerprint density at radius 1 is 1.03 bits per heavy atom. The van der Waals surface area contributed by atoms with Crippen molar-refractivity contribution in [3.8, 4) is 0 Å². The van der Waals surface area contributed by atoms with E-state index >= 15 is 0 Å². The van der Waals surface area contributed by atoms with Gasteiger partial charge in [0.25, 0.3) is 0 Å². The Hall–Kier alpha value is -2.04. The lowest BCUT2D eigenvalue weighted by Gasteiger charge is -2.31. The topological polar surface area (TPSA) is 49.4 Å². The van der Waals surface area contributed by atoms with Crippen molar-refractivity contribution in [2.75, 3.05) is 6.54 Å². The summed E-state index contributed by atoms with van der Waals surface area (Å²) in [6.07, 6.45) is 0.752. The first kappa shape index (κ1) is 24.2. The van der Waals surface area contributed by atoms with Crippen LogP contribution >= 0.6 is 23.2 Å². The Kier molecular flexibility index (Phi) is 9.19. The van der Waals surface area contributed by atoms with Gasteiger partial charge in [0.05, 0.1) is 16.5 Å². The number of hydrogen-bond donors (Lipinski definition) is 1. The maximum absolute atomic E-state index is 13.3. The number of halogens is 2. The van der Waals surface area contributed by atoms with Crippen LogP contribution < -0.4 is 5.32 Å². The molecule has 0 aliphatic carbocycles. The zero-order chi connectivity index (χ0) is 22.3. The maximum atomic E-state index is 13.3. The number of rotatable bonds is 9. The van der Waals surface area contributed by atoms with Gasteiger partial charge in [0, 0.05) is 13.1 Å². The van der Waals surface area contributed by atoms with Crippen molar-refractivity contribution in [1.29, 1.82) is 0 Å². The number of nitrogens with zero attached hydrogens (tertiary/aromatic N) is 1. The highest BCUT2D eigenvalue weighted by Gasteiger charge is 2.28. The smallest absolute Gasteiger partial charge is 0.242 e. The van der Waals surface area contributed by atoms with Crippen LogP contribution in [0.4, 0.5) is 0 Å². The number of amides is 2. The molecule has 0 spiro atoms. The Labute approximate surface area is 189 Å². The molecule has 2 rings (SSSR count). The van der Waals surface area contributed by atoms with Crippen LogP contribution in [0, 0.1) is 12.8 Å². The molecule has 2 aromatic rings. The molecule has 0 saturated heterocycles. The molecule has 162 valence electrons. The summed E-state index contributed by atoms with van der Waals surface area (Å²) in [4.78, 5) is 27.9. The molecular formula is C24H30Cl2N2O2. The average molecular weight is 449 g/mol. The normalized spacial score (nSPS) is 12.0. The number of hydrogen-bond acceptors (Lipinski definition) is 2. The molecule has 0 bridgehead atoms. The third-order valence-electron chi connectivity index (χ3n) is 4.85. The van der Waals surface area contributed by atoms with E-state index < -0.39 is 6.04 Å². The fourth-order valence-corrected chi connectivity index (χ4v) is 3.60. The fourth-order valence-electron chi connectivity index (χ4n) is 3.27. The molecule has 2 amide bonds. The number of nitrogens with one attached hydrogen (secondary N) is 1. The van der Waals surface area contributed by atoms with Crippen molar-refractivity contribution in [2.24, 2.45) is 5.92 Å². The summed E-state index contributed by atoms with van der Waals surface area (Å²) in [5, 5.41) is 3.85. The minimum absolute atomic E-state index is 0.0989. The number of carbonyl (C=O) groups excluding carboxylic acids is 2. The molecule has 0 fully saturated rings. The first-order valence-corrected chi connectivity index (χ1v) is 11.0. The zero-order valence-electron chi connectivity index (χ0n) is 18.0. The molecule has 4 nitrogen and oxygen atoms in total. The van der Waals surface area contributed by atoms with E-state index in [1.54, 1.807) is 17.0 Å². The summed E-state index contributed by atoms with van der Waals surface area (Å²) in [7, 11) is 0. The lowest BCUT2D eigenvalue weighted by atomic mass is 10.0. The van der Waals surface area contributed by atoms with E-state index in [0.717, 1.165) is 16.7 Å². The Morgan fingerprint density at radius 3 is 2.37 bits per heavy atom. The maximum Gasteiger partial charge on any atom is 0.242 e. The van der Waals surface area contributed by atoms with E-state index in [4.69, 9.17) is 23.2 Å². The molecule has 0 aromatic heterocycles. The summed E-state index contributed by atoms with van der Waals surface area (Å²) in [5.41, 5.74) is 2.85. The van der Waals surface area contributed by atoms with Crippen molar-refractivity contribution in [1.82, 2.24) is 10.2 Å². The third kappa shape index (κ3) is 7.03. The van der Waals surface area contributed by atoms with Gasteiger partial charge in [0.1, 0.15) is 6.04 Å². The largest absolute Gasteiger partial charge is 0.354 e. The first-order chi connectivity index (χ1) is 14.2. The van der Waals surface area contributed by atoms with Gasteiger partial charge in [-0.1, -0.05) is 79.9 Å². The van der Waals surface area contributed by atoms with Gasteiger partial charge in [-0.25, -0.2) is 0 Å². The van der Waals surface area contributed by atoms with Gasteiger partial charge >= 0.3 is 0 Å². The molecule has 0 aliphatic rings. The van der Waals surface area contributed by atoms with Crippen LogP contribution in [0.25, 0.3) is 0 Å². The van der Waals surface area contributed by atoms with Crippen LogP contribution in [0.2, 0.25) is 10.0 Å². The molecule has 0 heterocycles. The first-order valence-electron chi connectivity index (χ1n) is 10.3. The lowest BCUT2D eigenvalue weighted by Crippen LogP contribution is -2.50. The standard InChI is InChI=1S/C24H30Cl2N2O2/c1-5-22(24(30)27-14-16(2)3)28(15-19-9-10-20(25)21(26)12-19)23(29)13-18-8-6-7-17(4)11-18/h6-12,16,22H,5,13-15H2,1-4H3,(H,27,30)/t22-/m1/s1. The molecular weight excluding hydrogens is 419 g/mol. The Bertz CT molecular complexity index is 883. The van der Waals surface area contributed by atoms with Gasteiger partial charge in [-0.05, 0) is 42.5 Å². The molecule has 0 saturated carbocycles. The third-order valence-corrected chi connectivity index (χ3v) is 5.58. The monoisotopic (exact) mass is 448 g/mol. The second kappa shape index (κ2) is 11.4. The quantitative estimate of drug-likeness (QED) is 0.556. The molecule has 2 aromatic carbocycles. The predicted molar refractivity (Wildman–Crippen MR) is 124 cm³/mol. The van der Waals surface area contributed by atoms with Gasteiger partial charge in [0.2, 0.25) is 11.8 Å². The lowest BCUT2D eigenvalue weighted by molar-refractivity contribution is -0.141. The summed E-state index contributed by atoms with van der Waals surface area (Å²) >= 11 is 12.2. The van der Waals surface area contributed by atoms with Crippen LogP contribution in [0.5, 0.6) is 0 Å². The van der Waals surface area contributed by atoms with Crippen LogP contribution in [-0.4, -0.2) is 29.3 Å². The van der Waals surface area contributed by atoms with Gasteiger partial charge in [-0.2, -0.15) is 0 Å². The summed E-state index contributed by atoms with van der Waals surface area (Å²) in [6, 6.07) is 12.6. The second-order valence-corrected chi connectivity index (χ2v) is 8.81. The van der Waals surface area contributed by atoms with Gasteiger partial charge < -0.3 is 10.2 Å². The van der Waals surface area contributed by atoms with Crippen molar-refractivity contribution >= 4 is 35.0 Å². The highest BCUT2D eigenvalue weighted by molar-refractivity contribution is 6.42. The molecule has 0 radical (unpaired) electrons. The van der Waals surface area contributed by atoms with Gasteiger partial charge in [-0.3, -0.25) is 9.59 Å². The van der Waals surface area contributed by atoms with Crippen LogP contribution in [0.3, 0.4) is 0 Å². The van der Waals surface area contributed by atoms with Crippen molar-refractivity contribution in [3.05, 3.63) is 69.2 Å². The summed E-state index contributed by atoms with van der Waals surface area (Å²) < 4.78 is 0. The molecule has 1 atom stereocenters. The van der Waals surface area contributed by atoms with Gasteiger partial charge in [-0.15, -0.1) is 0 Å². The average Bonchev–Trinajstić information content (AvgIpc) is 2.68. The van der Waals surface area contributed by atoms with E-state index in [1.165, 1.54) is 0 Å². The van der Waals surface area contributed by atoms with E-state index in [2.05, 4.69) is 5.32 Å². The summed E-state index contributed by atoms with van der Waals surface area (Å²) in [5.74, 6) is 0.0973. The SMILES string of the molecule is CC[C@H](C(=O)NCC(C)C)N(Cc1ccc(Cl)c(Cl)c1)C(=O)Cc1cccc(C)c1. The van der Waals surface area contributed by atoms with Crippen molar-refractivity contribution in [3.63, 3.8) is 0 Å².